The molecule has 0 saturated carbocycles. The van der Waals surface area contributed by atoms with Crippen LogP contribution in [-0.4, -0.2) is 28.2 Å². The highest BCUT2D eigenvalue weighted by molar-refractivity contribution is 7.91. The van der Waals surface area contributed by atoms with E-state index in [0.717, 1.165) is 6.07 Å². The minimum Gasteiger partial charge on any atom is -0.591 e. The summed E-state index contributed by atoms with van der Waals surface area (Å²) in [5.41, 5.74) is 0.381. The summed E-state index contributed by atoms with van der Waals surface area (Å²) < 4.78 is 55.2. The van der Waals surface area contributed by atoms with Crippen LogP contribution in [0.3, 0.4) is 0 Å². The maximum absolute atomic E-state index is 14.2. The number of ether oxygens (including phenoxy) is 2. The lowest BCUT2D eigenvalue weighted by atomic mass is 9.95. The van der Waals surface area contributed by atoms with Crippen molar-refractivity contribution in [1.82, 2.24) is 0 Å². The molecule has 1 saturated heterocycles. The molecule has 0 amide bonds. The summed E-state index contributed by atoms with van der Waals surface area (Å²) in [4.78, 5) is 0. The molecule has 2 rings (SSSR count). The zero-order valence-electron chi connectivity index (χ0n) is 15.5. The van der Waals surface area contributed by atoms with E-state index in [1.165, 1.54) is 13.0 Å². The highest BCUT2D eigenvalue weighted by atomic mass is 32.2. The van der Waals surface area contributed by atoms with E-state index in [1.807, 2.05) is 13.8 Å². The smallest absolute Gasteiger partial charge is 0.183 e. The van der Waals surface area contributed by atoms with Gasteiger partial charge in [0.2, 0.25) is 0 Å². The monoisotopic (exact) mass is 373 g/mol. The molecule has 1 aliphatic heterocycles. The number of rotatable bonds is 3. The van der Waals surface area contributed by atoms with Gasteiger partial charge in [0.05, 0.1) is 18.9 Å². The molecule has 1 aromatic carbocycles. The van der Waals surface area contributed by atoms with Gasteiger partial charge in [0, 0.05) is 16.5 Å². The Kier molecular flexibility index (Phi) is 5.93. The van der Waals surface area contributed by atoms with Gasteiger partial charge in [-0.15, -0.1) is 0 Å². The Balaban J connectivity index is 2.34. The van der Waals surface area contributed by atoms with E-state index in [2.05, 4.69) is 4.40 Å². The van der Waals surface area contributed by atoms with Crippen molar-refractivity contribution >= 4 is 17.1 Å². The van der Waals surface area contributed by atoms with Crippen molar-refractivity contribution < 1.29 is 22.8 Å². The first-order valence-electron chi connectivity index (χ1n) is 8.10. The van der Waals surface area contributed by atoms with E-state index in [0.29, 0.717) is 18.8 Å². The van der Waals surface area contributed by atoms with Gasteiger partial charge in [-0.05, 0) is 39.8 Å². The number of nitrogens with zero attached hydrogens (tertiary/aromatic N) is 1. The van der Waals surface area contributed by atoms with Crippen LogP contribution in [0.5, 0.6) is 0 Å². The van der Waals surface area contributed by atoms with Gasteiger partial charge in [-0.2, -0.15) is 0 Å². The normalized spacial score (nSPS) is 20.6. The Morgan fingerprint density at radius 2 is 1.80 bits per heavy atom. The average Bonchev–Trinajstić information content (AvgIpc) is 2.48. The maximum atomic E-state index is 14.2. The van der Waals surface area contributed by atoms with Crippen molar-refractivity contribution in [2.24, 2.45) is 9.81 Å². The van der Waals surface area contributed by atoms with Crippen molar-refractivity contribution in [3.63, 3.8) is 0 Å². The first-order chi connectivity index (χ1) is 11.4. The topological polar surface area (TPSA) is 53.9 Å². The van der Waals surface area contributed by atoms with Crippen molar-refractivity contribution in [3.05, 3.63) is 34.9 Å². The molecule has 25 heavy (non-hydrogen) atoms. The summed E-state index contributed by atoms with van der Waals surface area (Å²) in [5.74, 6) is -2.03. The fourth-order valence-electron chi connectivity index (χ4n) is 2.20. The van der Waals surface area contributed by atoms with Crippen molar-refractivity contribution in [2.45, 2.75) is 52.6 Å². The number of halogens is 2. The Morgan fingerprint density at radius 1 is 1.24 bits per heavy atom. The molecule has 1 aromatic rings. The van der Waals surface area contributed by atoms with Crippen LogP contribution < -0.4 is 0 Å². The molecule has 4 nitrogen and oxygen atoms in total. The second-order valence-corrected chi connectivity index (χ2v) is 9.93. The molecule has 0 bridgehead atoms. The molecule has 1 aliphatic rings. The van der Waals surface area contributed by atoms with Crippen LogP contribution in [0.25, 0.3) is 0 Å². The molecule has 1 unspecified atom stereocenters. The standard InChI is InChI=1S/C18H25F2NO3S/c1-11(21-25(22)17(2,3)4)13-7-12(8-14(19)15(13)20)16-23-9-18(5,6)10-24-16/h7-8,16H,9-10H2,1-6H3/b21-11+. The molecule has 0 aliphatic carbocycles. The van der Waals surface area contributed by atoms with Gasteiger partial charge in [-0.25, -0.2) is 8.78 Å². The minimum atomic E-state index is -1.57. The third kappa shape index (κ3) is 5.00. The van der Waals surface area contributed by atoms with Crippen LogP contribution in [-0.2, 0) is 20.8 Å². The fraction of sp³-hybridized carbons (Fsp3) is 0.611. The van der Waals surface area contributed by atoms with Gasteiger partial charge in [0.1, 0.15) is 16.1 Å². The predicted molar refractivity (Wildman–Crippen MR) is 94.9 cm³/mol. The molecule has 1 heterocycles. The molecule has 1 atom stereocenters. The molecular weight excluding hydrogens is 348 g/mol. The SMILES string of the molecule is C/C(=N\[S+]([O-])C(C)(C)C)c1cc(C2OCC(C)(C)CO2)cc(F)c1F. The predicted octanol–water partition coefficient (Wildman–Crippen LogP) is 4.31. The summed E-state index contributed by atoms with van der Waals surface area (Å²) in [6.45, 7) is 11.7. The van der Waals surface area contributed by atoms with Crippen LogP contribution in [0.1, 0.15) is 59.0 Å². The Bertz CT molecular complexity index is 661. The lowest BCUT2D eigenvalue weighted by Crippen LogP contribution is -2.34. The van der Waals surface area contributed by atoms with Crippen LogP contribution >= 0.6 is 0 Å². The fourth-order valence-corrected chi connectivity index (χ4v) is 2.83. The average molecular weight is 373 g/mol. The highest BCUT2D eigenvalue weighted by Gasteiger charge is 2.31. The quantitative estimate of drug-likeness (QED) is 0.586. The van der Waals surface area contributed by atoms with Crippen LogP contribution in [0, 0.1) is 17.0 Å². The molecule has 0 aromatic heterocycles. The third-order valence-corrected chi connectivity index (χ3v) is 5.19. The molecular formula is C18H25F2NO3S. The number of hydrogen-bond donors (Lipinski definition) is 0. The van der Waals surface area contributed by atoms with Gasteiger partial charge in [-0.1, -0.05) is 18.2 Å². The lowest BCUT2D eigenvalue weighted by molar-refractivity contribution is -0.226. The van der Waals surface area contributed by atoms with Crippen LogP contribution in [0.4, 0.5) is 8.78 Å². The van der Waals surface area contributed by atoms with Gasteiger partial charge >= 0.3 is 0 Å². The number of benzene rings is 1. The summed E-state index contributed by atoms with van der Waals surface area (Å²) >= 11 is -1.57. The van der Waals surface area contributed by atoms with E-state index in [-0.39, 0.29) is 16.7 Å². The lowest BCUT2D eigenvalue weighted by Gasteiger charge is -2.34. The largest absolute Gasteiger partial charge is 0.591 e. The minimum absolute atomic E-state index is 0.0374. The molecule has 1 fully saturated rings. The number of hydrogen-bond acceptors (Lipinski definition) is 4. The zero-order chi connectivity index (χ0) is 19.0. The summed E-state index contributed by atoms with van der Waals surface area (Å²) in [6.07, 6.45) is -0.761. The summed E-state index contributed by atoms with van der Waals surface area (Å²) in [7, 11) is 0. The molecule has 7 heteroatoms. The first kappa shape index (κ1) is 20.3. The molecule has 0 spiro atoms. The van der Waals surface area contributed by atoms with Crippen molar-refractivity contribution in [3.8, 4) is 0 Å². The second kappa shape index (κ2) is 7.31. The Morgan fingerprint density at radius 3 is 2.32 bits per heavy atom. The van der Waals surface area contributed by atoms with E-state index in [9.17, 15) is 13.3 Å². The van der Waals surface area contributed by atoms with Gasteiger partial charge in [0.15, 0.2) is 17.9 Å². The Labute approximate surface area is 150 Å². The van der Waals surface area contributed by atoms with Crippen molar-refractivity contribution in [1.29, 1.82) is 0 Å². The van der Waals surface area contributed by atoms with Gasteiger partial charge in [0.25, 0.3) is 0 Å². The summed E-state index contributed by atoms with van der Waals surface area (Å²) in [5, 5.41) is 0. The molecule has 140 valence electrons. The van der Waals surface area contributed by atoms with Gasteiger partial charge < -0.3 is 14.0 Å². The van der Waals surface area contributed by atoms with Crippen LogP contribution in [0.15, 0.2) is 16.5 Å². The van der Waals surface area contributed by atoms with E-state index in [4.69, 9.17) is 9.47 Å². The molecule has 0 N–H and O–H groups in total. The van der Waals surface area contributed by atoms with E-state index < -0.39 is 34.0 Å². The third-order valence-electron chi connectivity index (χ3n) is 3.71. The molecule has 0 radical (unpaired) electrons. The maximum Gasteiger partial charge on any atom is 0.183 e. The van der Waals surface area contributed by atoms with E-state index in [1.54, 1.807) is 20.8 Å². The van der Waals surface area contributed by atoms with Gasteiger partial charge in [-0.3, -0.25) is 0 Å². The van der Waals surface area contributed by atoms with Crippen LogP contribution in [0.2, 0.25) is 0 Å². The first-order valence-corrected chi connectivity index (χ1v) is 9.21. The summed E-state index contributed by atoms with van der Waals surface area (Å²) in [6, 6.07) is 2.51. The van der Waals surface area contributed by atoms with Crippen molar-refractivity contribution in [2.75, 3.05) is 13.2 Å². The van der Waals surface area contributed by atoms with E-state index >= 15 is 0 Å². The highest BCUT2D eigenvalue weighted by Crippen LogP contribution is 2.32. The second-order valence-electron chi connectivity index (χ2n) is 8.02. The zero-order valence-corrected chi connectivity index (χ0v) is 16.3. The Hall–Kier alpha value is -1.02.